The third-order valence-corrected chi connectivity index (χ3v) is 5.44. The number of carbonyl (C=O) groups is 1. The maximum atomic E-state index is 12.6. The number of benzene rings is 3. The number of aliphatic imine (C=N–C) groups is 1. The van der Waals surface area contributed by atoms with Crippen molar-refractivity contribution in [2.45, 2.75) is 6.04 Å². The molecule has 1 aliphatic rings. The average Bonchev–Trinajstić information content (AvgIpc) is 2.95. The van der Waals surface area contributed by atoms with Gasteiger partial charge < -0.3 is 15.0 Å². The summed E-state index contributed by atoms with van der Waals surface area (Å²) in [5.41, 5.74) is 4.92. The molecule has 5 nitrogen and oxygen atoms in total. The van der Waals surface area contributed by atoms with Crippen LogP contribution in [0.25, 0.3) is 0 Å². The summed E-state index contributed by atoms with van der Waals surface area (Å²) in [6.07, 6.45) is 0. The van der Waals surface area contributed by atoms with Gasteiger partial charge in [0, 0.05) is 36.0 Å². The summed E-state index contributed by atoms with van der Waals surface area (Å²) in [5.74, 6) is 0.630. The summed E-state index contributed by atoms with van der Waals surface area (Å²) < 4.78 is 5.16. The van der Waals surface area contributed by atoms with Gasteiger partial charge in [-0.15, -0.1) is 0 Å². The van der Waals surface area contributed by atoms with Crippen molar-refractivity contribution in [2.24, 2.45) is 4.99 Å². The number of hydrogen-bond donors (Lipinski definition) is 1. The Kier molecular flexibility index (Phi) is 5.80. The van der Waals surface area contributed by atoms with Crippen LogP contribution >= 0.6 is 0 Å². The zero-order valence-electron chi connectivity index (χ0n) is 17.2. The van der Waals surface area contributed by atoms with E-state index in [2.05, 4.69) is 41.5 Å². The number of hydrogen-bond acceptors (Lipinski definition) is 4. The highest BCUT2D eigenvalue weighted by Crippen LogP contribution is 2.27. The Labute approximate surface area is 177 Å². The molecule has 1 amide bonds. The lowest BCUT2D eigenvalue weighted by molar-refractivity contribution is 0.0951. The van der Waals surface area contributed by atoms with Crippen molar-refractivity contribution in [3.8, 4) is 5.75 Å². The van der Waals surface area contributed by atoms with Gasteiger partial charge in [0.1, 0.15) is 5.75 Å². The van der Waals surface area contributed by atoms with Gasteiger partial charge in [0.15, 0.2) is 0 Å². The zero-order valence-corrected chi connectivity index (χ0v) is 17.2. The van der Waals surface area contributed by atoms with Crippen molar-refractivity contribution < 1.29 is 9.53 Å². The van der Waals surface area contributed by atoms with Crippen LogP contribution in [0.15, 0.2) is 83.9 Å². The fourth-order valence-corrected chi connectivity index (χ4v) is 3.68. The van der Waals surface area contributed by atoms with Crippen LogP contribution in [0.4, 0.5) is 5.69 Å². The molecule has 152 valence electrons. The molecule has 3 aromatic carbocycles. The largest absolute Gasteiger partial charge is 0.497 e. The second-order valence-corrected chi connectivity index (χ2v) is 7.28. The highest BCUT2D eigenvalue weighted by atomic mass is 16.5. The van der Waals surface area contributed by atoms with Crippen LogP contribution in [0.1, 0.15) is 21.5 Å². The van der Waals surface area contributed by atoms with Gasteiger partial charge in [-0.1, -0.05) is 48.5 Å². The Balaban J connectivity index is 1.55. The lowest BCUT2D eigenvalue weighted by Crippen LogP contribution is -2.43. The van der Waals surface area contributed by atoms with Crippen molar-refractivity contribution in [3.63, 3.8) is 0 Å². The van der Waals surface area contributed by atoms with Gasteiger partial charge in [-0.2, -0.15) is 0 Å². The van der Waals surface area contributed by atoms with Crippen LogP contribution in [-0.4, -0.2) is 44.9 Å². The van der Waals surface area contributed by atoms with Crippen molar-refractivity contribution in [1.29, 1.82) is 0 Å². The number of ether oxygens (including phenoxy) is 1. The molecule has 1 atom stereocenters. The summed E-state index contributed by atoms with van der Waals surface area (Å²) in [7, 11) is 3.67. The fourth-order valence-electron chi connectivity index (χ4n) is 3.68. The quantitative estimate of drug-likeness (QED) is 0.710. The fraction of sp³-hybridized carbons (Fsp3) is 0.200. The Bertz CT molecular complexity index is 1050. The predicted molar refractivity (Wildman–Crippen MR) is 121 cm³/mol. The lowest BCUT2D eigenvalue weighted by Gasteiger charge is -2.28. The van der Waals surface area contributed by atoms with E-state index < -0.39 is 0 Å². The topological polar surface area (TPSA) is 53.9 Å². The van der Waals surface area contributed by atoms with Crippen molar-refractivity contribution >= 4 is 17.3 Å². The summed E-state index contributed by atoms with van der Waals surface area (Å²) in [6.45, 7) is 1.10. The number of methoxy groups -OCH3 is 1. The van der Waals surface area contributed by atoms with Gasteiger partial charge in [-0.05, 0) is 30.3 Å². The lowest BCUT2D eigenvalue weighted by atomic mass is 10.0. The number of fused-ring (bicyclic) bond motifs is 1. The van der Waals surface area contributed by atoms with Crippen molar-refractivity contribution in [1.82, 2.24) is 5.32 Å². The van der Waals surface area contributed by atoms with Crippen LogP contribution in [0, 0.1) is 0 Å². The van der Waals surface area contributed by atoms with Crippen LogP contribution in [0.3, 0.4) is 0 Å². The summed E-state index contributed by atoms with van der Waals surface area (Å²) >= 11 is 0. The summed E-state index contributed by atoms with van der Waals surface area (Å²) in [6, 6.07) is 25.7. The minimum Gasteiger partial charge on any atom is -0.497 e. The molecule has 0 fully saturated rings. The van der Waals surface area contributed by atoms with Gasteiger partial charge in [0.2, 0.25) is 0 Å². The summed E-state index contributed by atoms with van der Waals surface area (Å²) in [4.78, 5) is 19.8. The Hall–Kier alpha value is -3.60. The van der Waals surface area contributed by atoms with Gasteiger partial charge in [0.25, 0.3) is 5.91 Å². The van der Waals surface area contributed by atoms with Crippen molar-refractivity contribution in [2.75, 3.05) is 32.1 Å². The molecule has 4 rings (SSSR count). The number of likely N-dealkylation sites (N-methyl/N-ethyl adjacent to an activating group) is 1. The number of para-hydroxylation sites is 1. The molecule has 1 unspecified atom stereocenters. The molecular weight excluding hydrogens is 374 g/mol. The number of rotatable bonds is 5. The van der Waals surface area contributed by atoms with E-state index in [4.69, 9.17) is 9.73 Å². The Morgan fingerprint density at radius 3 is 2.47 bits per heavy atom. The molecule has 0 saturated heterocycles. The molecule has 0 aromatic heterocycles. The SMILES string of the molecule is COc1ccc(C(=O)NCC2CN=C(c3ccccc3)c3ccccc3N2C)cc1. The normalized spacial score (nSPS) is 15.6. The van der Waals surface area contributed by atoms with E-state index >= 15 is 0 Å². The zero-order chi connectivity index (χ0) is 20.9. The number of anilines is 1. The molecule has 0 radical (unpaired) electrons. The molecule has 0 aliphatic carbocycles. The highest BCUT2D eigenvalue weighted by Gasteiger charge is 2.24. The molecule has 30 heavy (non-hydrogen) atoms. The molecule has 0 bridgehead atoms. The first-order valence-electron chi connectivity index (χ1n) is 10.0. The van der Waals surface area contributed by atoms with Crippen LogP contribution in [-0.2, 0) is 0 Å². The maximum absolute atomic E-state index is 12.6. The number of nitrogens with zero attached hydrogens (tertiary/aromatic N) is 2. The van der Waals surface area contributed by atoms with E-state index in [9.17, 15) is 4.79 Å². The van der Waals surface area contributed by atoms with E-state index in [0.717, 1.165) is 28.3 Å². The summed E-state index contributed by atoms with van der Waals surface area (Å²) in [5, 5.41) is 3.06. The first-order valence-corrected chi connectivity index (χ1v) is 10.0. The van der Waals surface area contributed by atoms with E-state index in [1.54, 1.807) is 31.4 Å². The standard InChI is InChI=1S/C25H25N3O2/c1-28-20(17-27-25(29)19-12-14-21(30-2)15-13-19)16-26-24(18-8-4-3-5-9-18)22-10-6-7-11-23(22)28/h3-15,20H,16-17H2,1-2H3,(H,27,29). The second-order valence-electron chi connectivity index (χ2n) is 7.28. The molecule has 3 aromatic rings. The minimum absolute atomic E-state index is 0.0505. The number of nitrogens with one attached hydrogen (secondary N) is 1. The van der Waals surface area contributed by atoms with Crippen LogP contribution in [0.5, 0.6) is 5.75 Å². The second kappa shape index (κ2) is 8.82. The van der Waals surface area contributed by atoms with E-state index in [0.29, 0.717) is 18.7 Å². The monoisotopic (exact) mass is 399 g/mol. The number of benzodiazepines with no additional fused rings is 1. The van der Waals surface area contributed by atoms with Gasteiger partial charge >= 0.3 is 0 Å². The van der Waals surface area contributed by atoms with Crippen LogP contribution in [0.2, 0.25) is 0 Å². The Morgan fingerprint density at radius 2 is 1.73 bits per heavy atom. The first-order chi connectivity index (χ1) is 14.7. The highest BCUT2D eigenvalue weighted by molar-refractivity contribution is 6.16. The molecule has 0 spiro atoms. The number of carbonyl (C=O) groups excluding carboxylic acids is 1. The molecule has 1 aliphatic heterocycles. The molecular formula is C25H25N3O2. The van der Waals surface area contributed by atoms with Gasteiger partial charge in [-0.25, -0.2) is 0 Å². The van der Waals surface area contributed by atoms with E-state index in [-0.39, 0.29) is 11.9 Å². The van der Waals surface area contributed by atoms with E-state index in [1.807, 2.05) is 30.3 Å². The minimum atomic E-state index is -0.101. The molecule has 0 saturated carbocycles. The Morgan fingerprint density at radius 1 is 1.03 bits per heavy atom. The van der Waals surface area contributed by atoms with E-state index in [1.165, 1.54) is 0 Å². The smallest absolute Gasteiger partial charge is 0.251 e. The molecule has 5 heteroatoms. The molecule has 1 heterocycles. The first kappa shape index (κ1) is 19.7. The van der Waals surface area contributed by atoms with Gasteiger partial charge in [0.05, 0.1) is 25.4 Å². The number of amides is 1. The third kappa shape index (κ3) is 4.06. The van der Waals surface area contributed by atoms with Crippen molar-refractivity contribution in [3.05, 3.63) is 95.6 Å². The van der Waals surface area contributed by atoms with Crippen LogP contribution < -0.4 is 15.0 Å². The molecule has 1 N–H and O–H groups in total. The predicted octanol–water partition coefficient (Wildman–Crippen LogP) is 3.78. The third-order valence-electron chi connectivity index (χ3n) is 5.44. The van der Waals surface area contributed by atoms with Gasteiger partial charge in [-0.3, -0.25) is 9.79 Å². The average molecular weight is 399 g/mol. The maximum Gasteiger partial charge on any atom is 0.251 e.